The van der Waals surface area contributed by atoms with Crippen LogP contribution in [0.25, 0.3) is 5.82 Å². The first kappa shape index (κ1) is 24.9. The number of anilines is 1. The molecule has 0 aliphatic carbocycles. The van der Waals surface area contributed by atoms with Crippen LogP contribution in [0.5, 0.6) is 11.5 Å². The van der Waals surface area contributed by atoms with Gasteiger partial charge in [-0.3, -0.25) is 4.79 Å². The molecule has 0 fully saturated rings. The van der Waals surface area contributed by atoms with Gasteiger partial charge in [-0.15, -0.1) is 5.10 Å². The molecule has 2 aromatic heterocycles. The smallest absolute Gasteiger partial charge is 0.292 e. The lowest BCUT2D eigenvalue weighted by Crippen LogP contribution is -2.22. The first-order valence-corrected chi connectivity index (χ1v) is 11.3. The van der Waals surface area contributed by atoms with E-state index < -0.39 is 5.91 Å². The number of amides is 1. The minimum absolute atomic E-state index is 0.0414. The van der Waals surface area contributed by atoms with Gasteiger partial charge in [-0.25, -0.2) is 10.1 Å². The number of hydrogen-bond donors (Lipinski definition) is 2. The number of hydrogen-bond acceptors (Lipinski definition) is 10. The van der Waals surface area contributed by atoms with E-state index in [1.807, 2.05) is 6.92 Å². The molecule has 0 atom stereocenters. The number of nitrogens with zero attached hydrogens (tertiary/aromatic N) is 6. The molecule has 0 bridgehead atoms. The normalized spacial score (nSPS) is 11.1. The van der Waals surface area contributed by atoms with E-state index in [-0.39, 0.29) is 23.9 Å². The molecule has 0 spiro atoms. The number of aromatic nitrogens is 5. The van der Waals surface area contributed by atoms with Gasteiger partial charge in [0.1, 0.15) is 6.61 Å². The van der Waals surface area contributed by atoms with Crippen molar-refractivity contribution in [2.24, 2.45) is 5.10 Å². The molecule has 0 saturated carbocycles. The number of ether oxygens (including phenoxy) is 2. The third kappa shape index (κ3) is 5.39. The summed E-state index contributed by atoms with van der Waals surface area (Å²) in [6.07, 6.45) is 1.45. The topological polar surface area (TPSA) is 156 Å². The average Bonchev–Trinajstić information content (AvgIpc) is 3.44. The summed E-state index contributed by atoms with van der Waals surface area (Å²) in [6.45, 7) is 4.03. The van der Waals surface area contributed by atoms with E-state index in [1.165, 1.54) is 6.21 Å². The number of rotatable bonds is 9. The molecule has 4 aromatic rings. The van der Waals surface area contributed by atoms with Crippen LogP contribution in [-0.4, -0.2) is 44.0 Å². The van der Waals surface area contributed by atoms with E-state index in [1.54, 1.807) is 43.3 Å². The number of nitrogens with one attached hydrogen (secondary N) is 1. The predicted octanol–water partition coefficient (Wildman–Crippen LogP) is 3.59. The molecule has 0 aliphatic heterocycles. The van der Waals surface area contributed by atoms with Gasteiger partial charge in [0.05, 0.1) is 18.5 Å². The minimum atomic E-state index is -0.585. The molecule has 4 rings (SSSR count). The van der Waals surface area contributed by atoms with Crippen LogP contribution in [0.4, 0.5) is 5.82 Å². The highest BCUT2D eigenvalue weighted by atomic mass is 35.5. The Kier molecular flexibility index (Phi) is 7.66. The summed E-state index contributed by atoms with van der Waals surface area (Å²) in [7, 11) is 0. The molecule has 1 amide bonds. The summed E-state index contributed by atoms with van der Waals surface area (Å²) in [5.41, 5.74) is 9.86. The molecule has 2 aromatic carbocycles. The minimum Gasteiger partial charge on any atom is -0.490 e. The van der Waals surface area contributed by atoms with Crippen LogP contribution in [-0.2, 0) is 6.61 Å². The number of nitrogens with two attached hydrogens (primary N) is 1. The standard InChI is InChI=1S/C22H20Cl2N8O4/c1-3-34-18-9-13(7-8-17(18)35-11-14-15(23)5-4-6-16(14)24)10-26-28-22(33)19-12(2)27-31-32(19)21-20(25)29-36-30-21/h4-10H,3,11H2,1-2H3,(H2,25,29)(H,28,33)/b26-10-. The molecule has 0 radical (unpaired) electrons. The maximum Gasteiger partial charge on any atom is 0.292 e. The summed E-state index contributed by atoms with van der Waals surface area (Å²) in [6, 6.07) is 10.4. The van der Waals surface area contributed by atoms with Crippen molar-refractivity contribution < 1.29 is 18.9 Å². The fraction of sp³-hybridized carbons (Fsp3) is 0.182. The van der Waals surface area contributed by atoms with Gasteiger partial charge < -0.3 is 15.2 Å². The van der Waals surface area contributed by atoms with Crippen molar-refractivity contribution in [2.75, 3.05) is 12.3 Å². The summed E-state index contributed by atoms with van der Waals surface area (Å²) in [4.78, 5) is 12.7. The highest BCUT2D eigenvalue weighted by Crippen LogP contribution is 2.31. The quantitative estimate of drug-likeness (QED) is 0.243. The molecular formula is C22H20Cl2N8O4. The number of carbonyl (C=O) groups excluding carboxylic acids is 1. The SMILES string of the molecule is CCOc1cc(/C=N\NC(=O)c2c(C)nnn2-c2nonc2N)ccc1OCc1c(Cl)cccc1Cl. The maximum absolute atomic E-state index is 12.7. The van der Waals surface area contributed by atoms with Gasteiger partial charge in [0, 0.05) is 15.6 Å². The number of benzene rings is 2. The predicted molar refractivity (Wildman–Crippen MR) is 132 cm³/mol. The molecule has 0 unspecified atom stereocenters. The Balaban J connectivity index is 1.47. The lowest BCUT2D eigenvalue weighted by atomic mass is 10.2. The van der Waals surface area contributed by atoms with Gasteiger partial charge >= 0.3 is 0 Å². The maximum atomic E-state index is 12.7. The van der Waals surface area contributed by atoms with Crippen molar-refractivity contribution in [3.05, 3.63) is 69.0 Å². The fourth-order valence-electron chi connectivity index (χ4n) is 3.13. The van der Waals surface area contributed by atoms with Crippen molar-refractivity contribution in [3.63, 3.8) is 0 Å². The zero-order chi connectivity index (χ0) is 25.7. The second kappa shape index (κ2) is 11.1. The summed E-state index contributed by atoms with van der Waals surface area (Å²) in [5, 5.41) is 19.9. The Morgan fingerprint density at radius 3 is 2.67 bits per heavy atom. The van der Waals surface area contributed by atoms with E-state index in [2.05, 4.69) is 35.8 Å². The van der Waals surface area contributed by atoms with Gasteiger partial charge in [-0.2, -0.15) is 9.78 Å². The molecule has 3 N–H and O–H groups in total. The Morgan fingerprint density at radius 2 is 1.97 bits per heavy atom. The molecule has 12 nitrogen and oxygen atoms in total. The van der Waals surface area contributed by atoms with Crippen LogP contribution in [0.1, 0.15) is 34.2 Å². The Morgan fingerprint density at radius 1 is 1.19 bits per heavy atom. The zero-order valence-electron chi connectivity index (χ0n) is 19.1. The van der Waals surface area contributed by atoms with Crippen LogP contribution < -0.4 is 20.6 Å². The molecule has 0 saturated heterocycles. The van der Waals surface area contributed by atoms with E-state index in [4.69, 9.17) is 38.4 Å². The third-order valence-corrected chi connectivity index (χ3v) is 5.54. The van der Waals surface area contributed by atoms with Gasteiger partial charge in [0.15, 0.2) is 17.2 Å². The summed E-state index contributed by atoms with van der Waals surface area (Å²) >= 11 is 12.4. The van der Waals surface area contributed by atoms with Gasteiger partial charge in [0.25, 0.3) is 5.91 Å². The highest BCUT2D eigenvalue weighted by Gasteiger charge is 2.22. The average molecular weight is 531 g/mol. The van der Waals surface area contributed by atoms with E-state index in [0.29, 0.717) is 45.0 Å². The second-order valence-corrected chi connectivity index (χ2v) is 8.05. The first-order chi connectivity index (χ1) is 17.4. The number of nitrogen functional groups attached to an aromatic ring is 1. The van der Waals surface area contributed by atoms with Crippen LogP contribution in [0.2, 0.25) is 10.0 Å². The first-order valence-electron chi connectivity index (χ1n) is 10.6. The van der Waals surface area contributed by atoms with Crippen molar-refractivity contribution in [1.29, 1.82) is 0 Å². The molecule has 186 valence electrons. The third-order valence-electron chi connectivity index (χ3n) is 4.83. The Hall–Kier alpha value is -4.16. The van der Waals surface area contributed by atoms with Crippen LogP contribution in [0, 0.1) is 6.92 Å². The number of aryl methyl sites for hydroxylation is 1. The fourth-order valence-corrected chi connectivity index (χ4v) is 3.64. The lowest BCUT2D eigenvalue weighted by Gasteiger charge is -2.14. The molecular weight excluding hydrogens is 511 g/mol. The van der Waals surface area contributed by atoms with Crippen LogP contribution >= 0.6 is 23.2 Å². The Labute approximate surface area is 214 Å². The van der Waals surface area contributed by atoms with Crippen LogP contribution in [0.15, 0.2) is 46.1 Å². The monoisotopic (exact) mass is 530 g/mol. The van der Waals surface area contributed by atoms with E-state index in [0.717, 1.165) is 4.68 Å². The zero-order valence-corrected chi connectivity index (χ0v) is 20.6. The van der Waals surface area contributed by atoms with Crippen LogP contribution in [0.3, 0.4) is 0 Å². The largest absolute Gasteiger partial charge is 0.490 e. The van der Waals surface area contributed by atoms with Gasteiger partial charge in [0.2, 0.25) is 11.6 Å². The number of hydrazone groups is 1. The summed E-state index contributed by atoms with van der Waals surface area (Å²) in [5.74, 6) is 0.402. The molecule has 36 heavy (non-hydrogen) atoms. The van der Waals surface area contributed by atoms with Crippen molar-refractivity contribution in [1.82, 2.24) is 30.7 Å². The van der Waals surface area contributed by atoms with Gasteiger partial charge in [-0.05, 0) is 60.1 Å². The van der Waals surface area contributed by atoms with E-state index in [9.17, 15) is 4.79 Å². The Bertz CT molecular complexity index is 1400. The molecule has 14 heteroatoms. The molecule has 0 aliphatic rings. The molecule has 2 heterocycles. The van der Waals surface area contributed by atoms with Crippen molar-refractivity contribution in [2.45, 2.75) is 20.5 Å². The second-order valence-electron chi connectivity index (χ2n) is 7.24. The van der Waals surface area contributed by atoms with E-state index >= 15 is 0 Å². The van der Waals surface area contributed by atoms with Crippen molar-refractivity contribution in [3.8, 4) is 17.3 Å². The number of halogens is 2. The van der Waals surface area contributed by atoms with Crippen molar-refractivity contribution >= 4 is 41.1 Å². The lowest BCUT2D eigenvalue weighted by molar-refractivity contribution is 0.0946. The highest BCUT2D eigenvalue weighted by molar-refractivity contribution is 6.35. The number of carbonyl (C=O) groups is 1. The van der Waals surface area contributed by atoms with Gasteiger partial charge in [-0.1, -0.05) is 34.5 Å². The summed E-state index contributed by atoms with van der Waals surface area (Å²) < 4.78 is 17.3.